The minimum atomic E-state index is -0.413. The molecule has 1 heterocycles. The Morgan fingerprint density at radius 1 is 1.07 bits per heavy atom. The van der Waals surface area contributed by atoms with Crippen LogP contribution in [0.25, 0.3) is 0 Å². The van der Waals surface area contributed by atoms with Crippen LogP contribution in [0, 0.1) is 0 Å². The average Bonchev–Trinajstić information content (AvgIpc) is 3.09. The number of benzene rings is 2. The number of hydrogen-bond donors (Lipinski definition) is 1. The van der Waals surface area contributed by atoms with E-state index < -0.39 is 5.97 Å². The van der Waals surface area contributed by atoms with Crippen molar-refractivity contribution in [3.05, 3.63) is 64.7 Å². The highest BCUT2D eigenvalue weighted by Gasteiger charge is 2.12. The van der Waals surface area contributed by atoms with Gasteiger partial charge in [-0.1, -0.05) is 29.5 Å². The summed E-state index contributed by atoms with van der Waals surface area (Å²) in [5.74, 6) is 0.438. The van der Waals surface area contributed by atoms with E-state index in [1.54, 1.807) is 31.4 Å². The fourth-order valence-electron chi connectivity index (χ4n) is 2.40. The summed E-state index contributed by atoms with van der Waals surface area (Å²) < 4.78 is 10.3. The third-order valence-corrected chi connectivity index (χ3v) is 4.44. The maximum Gasteiger partial charge on any atom is 0.308 e. The van der Waals surface area contributed by atoms with Crippen LogP contribution in [0.1, 0.15) is 27.9 Å². The molecule has 0 saturated carbocycles. The number of methoxy groups -OCH3 is 1. The van der Waals surface area contributed by atoms with Gasteiger partial charge in [-0.05, 0) is 30.3 Å². The highest BCUT2D eigenvalue weighted by Crippen LogP contribution is 2.24. The van der Waals surface area contributed by atoms with E-state index in [2.05, 4.69) is 15.5 Å². The Morgan fingerprint density at radius 2 is 1.81 bits per heavy atom. The van der Waals surface area contributed by atoms with Gasteiger partial charge in [-0.15, -0.1) is 10.2 Å². The van der Waals surface area contributed by atoms with Gasteiger partial charge in [0.2, 0.25) is 5.13 Å². The van der Waals surface area contributed by atoms with Crippen molar-refractivity contribution in [2.75, 3.05) is 12.4 Å². The van der Waals surface area contributed by atoms with Gasteiger partial charge in [0.05, 0.1) is 7.11 Å². The molecule has 0 saturated heterocycles. The summed E-state index contributed by atoms with van der Waals surface area (Å²) in [7, 11) is 1.62. The maximum absolute atomic E-state index is 12.3. The fourth-order valence-corrected chi connectivity index (χ4v) is 3.15. The van der Waals surface area contributed by atoms with Crippen molar-refractivity contribution in [2.24, 2.45) is 0 Å². The minimum absolute atomic E-state index is 0.315. The Bertz CT molecular complexity index is 954. The lowest BCUT2D eigenvalue weighted by Crippen LogP contribution is -2.11. The molecule has 0 unspecified atom stereocenters. The van der Waals surface area contributed by atoms with Crippen LogP contribution in [0.15, 0.2) is 48.5 Å². The fraction of sp³-hybridized carbons (Fsp3) is 0.158. The van der Waals surface area contributed by atoms with E-state index in [-0.39, 0.29) is 5.91 Å². The minimum Gasteiger partial charge on any atom is -0.496 e. The SMILES string of the molecule is COc1ccccc1Cc1nnc(NC(=O)c2ccc(OC(C)=O)cc2)s1. The molecule has 3 rings (SSSR count). The Hall–Kier alpha value is -3.26. The van der Waals surface area contributed by atoms with Gasteiger partial charge < -0.3 is 9.47 Å². The van der Waals surface area contributed by atoms with Crippen molar-refractivity contribution in [2.45, 2.75) is 13.3 Å². The van der Waals surface area contributed by atoms with E-state index >= 15 is 0 Å². The first-order valence-electron chi connectivity index (χ1n) is 8.09. The molecule has 0 aliphatic carbocycles. The number of carbonyl (C=O) groups excluding carboxylic acids is 2. The molecule has 7 nitrogen and oxygen atoms in total. The molecule has 138 valence electrons. The molecular formula is C19H17N3O4S. The van der Waals surface area contributed by atoms with Gasteiger partial charge >= 0.3 is 5.97 Å². The molecular weight excluding hydrogens is 366 g/mol. The number of amides is 1. The van der Waals surface area contributed by atoms with Crippen molar-refractivity contribution in [3.8, 4) is 11.5 Å². The van der Waals surface area contributed by atoms with Crippen molar-refractivity contribution >= 4 is 28.3 Å². The first-order valence-corrected chi connectivity index (χ1v) is 8.91. The molecule has 2 aromatic carbocycles. The second-order valence-electron chi connectivity index (χ2n) is 5.56. The zero-order valence-corrected chi connectivity index (χ0v) is 15.6. The monoisotopic (exact) mass is 383 g/mol. The molecule has 0 fully saturated rings. The number of rotatable bonds is 6. The van der Waals surface area contributed by atoms with E-state index in [4.69, 9.17) is 9.47 Å². The first kappa shape index (κ1) is 18.5. The molecule has 0 bridgehead atoms. The third kappa shape index (κ3) is 4.89. The van der Waals surface area contributed by atoms with Crippen LogP contribution >= 0.6 is 11.3 Å². The number of nitrogens with one attached hydrogen (secondary N) is 1. The van der Waals surface area contributed by atoms with Crippen LogP contribution in [0.2, 0.25) is 0 Å². The summed E-state index contributed by atoms with van der Waals surface area (Å²) >= 11 is 1.30. The van der Waals surface area contributed by atoms with Crippen LogP contribution in [0.5, 0.6) is 11.5 Å². The number of esters is 1. The van der Waals surface area contributed by atoms with Crippen molar-refractivity contribution in [1.82, 2.24) is 10.2 Å². The summed E-state index contributed by atoms with van der Waals surface area (Å²) in [6.45, 7) is 1.32. The summed E-state index contributed by atoms with van der Waals surface area (Å²) in [6, 6.07) is 13.9. The quantitative estimate of drug-likeness (QED) is 0.519. The molecule has 8 heteroatoms. The van der Waals surface area contributed by atoms with Gasteiger partial charge in [0, 0.05) is 24.5 Å². The molecule has 1 N–H and O–H groups in total. The van der Waals surface area contributed by atoms with Crippen molar-refractivity contribution in [1.29, 1.82) is 0 Å². The highest BCUT2D eigenvalue weighted by atomic mass is 32.1. The zero-order chi connectivity index (χ0) is 19.2. The second kappa shape index (κ2) is 8.41. The molecule has 1 aromatic heterocycles. The maximum atomic E-state index is 12.3. The summed E-state index contributed by atoms with van der Waals surface area (Å²) in [4.78, 5) is 23.2. The summed E-state index contributed by atoms with van der Waals surface area (Å²) in [6.07, 6.45) is 0.564. The highest BCUT2D eigenvalue weighted by molar-refractivity contribution is 7.15. The van der Waals surface area contributed by atoms with E-state index in [1.807, 2.05) is 24.3 Å². The van der Waals surface area contributed by atoms with Gasteiger partial charge in [0.1, 0.15) is 16.5 Å². The summed E-state index contributed by atoms with van der Waals surface area (Å²) in [5.41, 5.74) is 1.42. The van der Waals surface area contributed by atoms with E-state index in [0.717, 1.165) is 16.3 Å². The smallest absolute Gasteiger partial charge is 0.308 e. The molecule has 27 heavy (non-hydrogen) atoms. The van der Waals surface area contributed by atoms with Crippen molar-refractivity contribution < 1.29 is 19.1 Å². The van der Waals surface area contributed by atoms with Crippen LogP contribution in [0.3, 0.4) is 0 Å². The lowest BCUT2D eigenvalue weighted by atomic mass is 10.1. The molecule has 1 amide bonds. The third-order valence-electron chi connectivity index (χ3n) is 3.60. The standard InChI is InChI=1S/C19H17N3O4S/c1-12(23)26-15-9-7-13(8-10-15)18(24)20-19-22-21-17(27-19)11-14-5-3-4-6-16(14)25-2/h3-10H,11H2,1-2H3,(H,20,22,24). The Morgan fingerprint density at radius 3 is 2.52 bits per heavy atom. The molecule has 0 spiro atoms. The van der Waals surface area contributed by atoms with Gasteiger partial charge in [-0.3, -0.25) is 14.9 Å². The van der Waals surface area contributed by atoms with Crippen LogP contribution < -0.4 is 14.8 Å². The van der Waals surface area contributed by atoms with Crippen LogP contribution in [-0.2, 0) is 11.2 Å². The lowest BCUT2D eigenvalue weighted by Gasteiger charge is -2.05. The first-order chi connectivity index (χ1) is 13.0. The molecule has 0 aliphatic heterocycles. The normalized spacial score (nSPS) is 10.3. The molecule has 0 radical (unpaired) electrons. The number of hydrogen-bond acceptors (Lipinski definition) is 7. The lowest BCUT2D eigenvalue weighted by molar-refractivity contribution is -0.131. The topological polar surface area (TPSA) is 90.4 Å². The van der Waals surface area contributed by atoms with E-state index in [1.165, 1.54) is 18.3 Å². The molecule has 0 atom stereocenters. The largest absolute Gasteiger partial charge is 0.496 e. The van der Waals surface area contributed by atoms with Gasteiger partial charge in [-0.2, -0.15) is 0 Å². The number of carbonyl (C=O) groups is 2. The molecule has 0 aliphatic rings. The van der Waals surface area contributed by atoms with Gasteiger partial charge in [-0.25, -0.2) is 0 Å². The molecule has 3 aromatic rings. The van der Waals surface area contributed by atoms with Crippen LogP contribution in [0.4, 0.5) is 5.13 Å². The number of ether oxygens (including phenoxy) is 2. The summed E-state index contributed by atoms with van der Waals surface area (Å²) in [5, 5.41) is 12.0. The predicted octanol–water partition coefficient (Wildman–Crippen LogP) is 3.32. The zero-order valence-electron chi connectivity index (χ0n) is 14.8. The Balaban J connectivity index is 1.65. The number of aromatic nitrogens is 2. The van der Waals surface area contributed by atoms with E-state index in [9.17, 15) is 9.59 Å². The second-order valence-corrected chi connectivity index (χ2v) is 6.62. The number of para-hydroxylation sites is 1. The Kier molecular flexibility index (Phi) is 5.77. The van der Waals surface area contributed by atoms with Crippen LogP contribution in [-0.4, -0.2) is 29.2 Å². The number of nitrogens with zero attached hydrogens (tertiary/aromatic N) is 2. The average molecular weight is 383 g/mol. The van der Waals surface area contributed by atoms with Gasteiger partial charge in [0.15, 0.2) is 0 Å². The van der Waals surface area contributed by atoms with Crippen molar-refractivity contribution in [3.63, 3.8) is 0 Å². The Labute approximate surface area is 160 Å². The number of anilines is 1. The predicted molar refractivity (Wildman–Crippen MR) is 101 cm³/mol. The van der Waals surface area contributed by atoms with E-state index in [0.29, 0.717) is 22.9 Å². The van der Waals surface area contributed by atoms with Gasteiger partial charge in [0.25, 0.3) is 5.91 Å².